The number of hydrazine groups is 1. The highest BCUT2D eigenvalue weighted by atomic mass is 35.5. The van der Waals surface area contributed by atoms with Crippen LogP contribution >= 0.6 is 11.6 Å². The van der Waals surface area contributed by atoms with Gasteiger partial charge in [0.15, 0.2) is 5.60 Å². The van der Waals surface area contributed by atoms with Crippen molar-refractivity contribution in [3.63, 3.8) is 0 Å². The van der Waals surface area contributed by atoms with Crippen LogP contribution in [-0.4, -0.2) is 28.0 Å². The lowest BCUT2D eigenvalue weighted by Crippen LogP contribution is -2.53. The molecule has 0 fully saturated rings. The minimum atomic E-state index is -4.21. The predicted molar refractivity (Wildman–Crippen MR) is 113 cm³/mol. The van der Waals surface area contributed by atoms with Crippen molar-refractivity contribution in [3.8, 4) is 11.5 Å². The topological polar surface area (TPSA) is 110 Å². The van der Waals surface area contributed by atoms with Crippen LogP contribution in [0.2, 0.25) is 5.02 Å². The number of nitrogens with two attached hydrogens (primary N) is 2. The SMILES string of the molecule is N/N=C\N(N)CC(O)(c1ccc(F)cc1F)C(F)(F)c1ccc(Oc2cccc(Cl)c2)cn1. The molecule has 0 radical (unpaired) electrons. The van der Waals surface area contributed by atoms with Crippen molar-refractivity contribution >= 4 is 17.9 Å². The molecule has 33 heavy (non-hydrogen) atoms. The minimum absolute atomic E-state index is 0.101. The van der Waals surface area contributed by atoms with Gasteiger partial charge in [-0.25, -0.2) is 14.6 Å². The highest BCUT2D eigenvalue weighted by Gasteiger charge is 2.58. The number of benzene rings is 2. The Labute approximate surface area is 190 Å². The maximum absolute atomic E-state index is 15.6. The van der Waals surface area contributed by atoms with Crippen LogP contribution in [-0.2, 0) is 11.5 Å². The number of halogens is 5. The first-order chi connectivity index (χ1) is 15.6. The third-order valence-electron chi connectivity index (χ3n) is 4.61. The van der Waals surface area contributed by atoms with Crippen LogP contribution in [0.15, 0.2) is 65.9 Å². The largest absolute Gasteiger partial charge is 0.456 e. The summed E-state index contributed by atoms with van der Waals surface area (Å²) in [5.74, 6) is 4.32. The number of rotatable bonds is 8. The fourth-order valence-electron chi connectivity index (χ4n) is 3.07. The summed E-state index contributed by atoms with van der Waals surface area (Å²) >= 11 is 5.88. The van der Waals surface area contributed by atoms with Crippen LogP contribution in [0.25, 0.3) is 0 Å². The smallest absolute Gasteiger partial charge is 0.323 e. The van der Waals surface area contributed by atoms with E-state index in [-0.39, 0.29) is 5.75 Å². The number of alkyl halides is 2. The zero-order valence-electron chi connectivity index (χ0n) is 16.8. The van der Waals surface area contributed by atoms with Crippen LogP contribution in [0.1, 0.15) is 11.3 Å². The molecule has 0 aliphatic rings. The van der Waals surface area contributed by atoms with Crippen molar-refractivity contribution in [2.24, 2.45) is 16.8 Å². The second-order valence-electron chi connectivity index (χ2n) is 6.93. The lowest BCUT2D eigenvalue weighted by molar-refractivity contribution is -0.203. The maximum Gasteiger partial charge on any atom is 0.323 e. The molecule has 3 rings (SSSR count). The van der Waals surface area contributed by atoms with E-state index in [1.54, 1.807) is 18.2 Å². The minimum Gasteiger partial charge on any atom is -0.456 e. The molecule has 1 aromatic heterocycles. The van der Waals surface area contributed by atoms with Crippen molar-refractivity contribution in [1.82, 2.24) is 9.99 Å². The molecular formula is C21H18ClF4N5O2. The van der Waals surface area contributed by atoms with Crippen LogP contribution in [0.3, 0.4) is 0 Å². The highest BCUT2D eigenvalue weighted by molar-refractivity contribution is 6.30. The number of pyridine rings is 1. The lowest BCUT2D eigenvalue weighted by atomic mass is 9.84. The molecule has 0 amide bonds. The number of nitrogens with zero attached hydrogens (tertiary/aromatic N) is 3. The van der Waals surface area contributed by atoms with E-state index in [9.17, 15) is 13.9 Å². The zero-order valence-corrected chi connectivity index (χ0v) is 17.6. The summed E-state index contributed by atoms with van der Waals surface area (Å²) in [6.45, 7) is -1.06. The summed E-state index contributed by atoms with van der Waals surface area (Å²) < 4.78 is 64.5. The Balaban J connectivity index is 2.00. The number of aromatic nitrogens is 1. The molecule has 0 saturated heterocycles. The lowest BCUT2D eigenvalue weighted by Gasteiger charge is -2.37. The molecule has 0 aliphatic carbocycles. The first-order valence-electron chi connectivity index (χ1n) is 9.27. The van der Waals surface area contributed by atoms with E-state index in [4.69, 9.17) is 28.0 Å². The summed E-state index contributed by atoms with van der Waals surface area (Å²) in [7, 11) is 0. The first-order valence-corrected chi connectivity index (χ1v) is 9.65. The van der Waals surface area contributed by atoms with Gasteiger partial charge in [-0.3, -0.25) is 9.99 Å². The summed E-state index contributed by atoms with van der Waals surface area (Å²) in [4.78, 5) is 3.68. The normalized spacial score (nSPS) is 13.7. The average Bonchev–Trinajstić information content (AvgIpc) is 2.74. The van der Waals surface area contributed by atoms with Gasteiger partial charge in [-0.2, -0.15) is 13.9 Å². The van der Waals surface area contributed by atoms with Crippen molar-refractivity contribution in [2.45, 2.75) is 11.5 Å². The average molecular weight is 484 g/mol. The molecule has 0 saturated carbocycles. The number of hydrogen-bond donors (Lipinski definition) is 3. The molecule has 2 aromatic carbocycles. The van der Waals surface area contributed by atoms with Crippen molar-refractivity contribution < 1.29 is 27.4 Å². The van der Waals surface area contributed by atoms with Crippen LogP contribution in [0, 0.1) is 11.6 Å². The third kappa shape index (κ3) is 5.16. The van der Waals surface area contributed by atoms with E-state index in [2.05, 4.69) is 10.1 Å². The molecule has 5 N–H and O–H groups in total. The van der Waals surface area contributed by atoms with Crippen molar-refractivity contribution in [2.75, 3.05) is 6.54 Å². The third-order valence-corrected chi connectivity index (χ3v) is 4.85. The standard InChI is InChI=1S/C21H18ClF4N5O2/c22-13-2-1-3-15(8-13)33-16-5-7-19(29-10-16)21(25,26)20(32,11-31(28)12-30-27)17-6-4-14(23)9-18(17)24/h1-10,12,32H,11,27-28H2/b30-12-. The molecule has 12 heteroatoms. The predicted octanol–water partition coefficient (Wildman–Crippen LogP) is 3.86. The van der Waals surface area contributed by atoms with Gasteiger partial charge in [-0.1, -0.05) is 17.7 Å². The van der Waals surface area contributed by atoms with Gasteiger partial charge in [-0.15, -0.1) is 0 Å². The molecule has 1 unspecified atom stereocenters. The number of ether oxygens (including phenoxy) is 1. The monoisotopic (exact) mass is 483 g/mol. The van der Waals surface area contributed by atoms with E-state index in [1.165, 1.54) is 12.1 Å². The summed E-state index contributed by atoms with van der Waals surface area (Å²) in [5, 5.41) is 15.1. The fourth-order valence-corrected chi connectivity index (χ4v) is 3.25. The van der Waals surface area contributed by atoms with E-state index >= 15 is 8.78 Å². The number of hydrazone groups is 1. The van der Waals surface area contributed by atoms with Gasteiger partial charge in [0.2, 0.25) is 0 Å². The molecule has 0 spiro atoms. The molecule has 1 atom stereocenters. The summed E-state index contributed by atoms with van der Waals surface area (Å²) in [6.07, 6.45) is 1.74. The van der Waals surface area contributed by atoms with Gasteiger partial charge in [-0.05, 0) is 42.5 Å². The van der Waals surface area contributed by atoms with Crippen molar-refractivity contribution in [3.05, 3.63) is 88.7 Å². The quantitative estimate of drug-likeness (QED) is 0.147. The second-order valence-corrected chi connectivity index (χ2v) is 7.37. The fraction of sp³-hybridized carbons (Fsp3) is 0.143. The van der Waals surface area contributed by atoms with Gasteiger partial charge < -0.3 is 15.7 Å². The van der Waals surface area contributed by atoms with E-state index < -0.39 is 41.0 Å². The highest BCUT2D eigenvalue weighted by Crippen LogP contribution is 2.46. The Morgan fingerprint density at radius 3 is 2.48 bits per heavy atom. The first kappa shape index (κ1) is 24.2. The Morgan fingerprint density at radius 2 is 1.88 bits per heavy atom. The van der Waals surface area contributed by atoms with E-state index in [1.807, 2.05) is 0 Å². The van der Waals surface area contributed by atoms with Gasteiger partial charge in [0, 0.05) is 16.7 Å². The van der Waals surface area contributed by atoms with E-state index in [0.717, 1.165) is 24.7 Å². The summed E-state index contributed by atoms with van der Waals surface area (Å²) in [6, 6.07) is 10.2. The van der Waals surface area contributed by atoms with Crippen LogP contribution in [0.4, 0.5) is 17.6 Å². The Morgan fingerprint density at radius 1 is 1.12 bits per heavy atom. The molecule has 0 bridgehead atoms. The zero-order chi connectivity index (χ0) is 24.2. The van der Waals surface area contributed by atoms with Crippen LogP contribution in [0.5, 0.6) is 11.5 Å². The van der Waals surface area contributed by atoms with E-state index in [0.29, 0.717) is 27.9 Å². The number of hydrogen-bond acceptors (Lipinski definition) is 6. The Hall–Kier alpha value is -3.41. The molecule has 1 heterocycles. The molecule has 3 aromatic rings. The molecule has 0 aliphatic heterocycles. The second kappa shape index (κ2) is 9.61. The maximum atomic E-state index is 15.6. The van der Waals surface area contributed by atoms with Gasteiger partial charge in [0.1, 0.15) is 35.2 Å². The van der Waals surface area contributed by atoms with Gasteiger partial charge in [0.25, 0.3) is 0 Å². The van der Waals surface area contributed by atoms with Gasteiger partial charge >= 0.3 is 5.92 Å². The molecular weight excluding hydrogens is 466 g/mol. The van der Waals surface area contributed by atoms with Crippen LogP contribution < -0.4 is 16.4 Å². The van der Waals surface area contributed by atoms with Crippen molar-refractivity contribution in [1.29, 1.82) is 0 Å². The van der Waals surface area contributed by atoms with Gasteiger partial charge in [0.05, 0.1) is 12.7 Å². The Kier molecular flexibility index (Phi) is 7.06. The number of aliphatic hydroxyl groups is 1. The Bertz CT molecular complexity index is 1150. The molecule has 174 valence electrons. The summed E-state index contributed by atoms with van der Waals surface area (Å²) in [5.41, 5.74) is -5.12. The molecule has 7 nitrogen and oxygen atoms in total.